The van der Waals surface area contributed by atoms with Crippen LogP contribution in [0.1, 0.15) is 12.6 Å². The molecule has 1 heterocycles. The van der Waals surface area contributed by atoms with E-state index in [0.717, 1.165) is 5.69 Å². The maximum absolute atomic E-state index is 12.0. The summed E-state index contributed by atoms with van der Waals surface area (Å²) in [6, 6.07) is 1.71. The summed E-state index contributed by atoms with van der Waals surface area (Å²) in [5.41, 5.74) is 0.950. The summed E-state index contributed by atoms with van der Waals surface area (Å²) in [5, 5.41) is 3.00. The Morgan fingerprint density at radius 2 is 2.12 bits per heavy atom. The van der Waals surface area contributed by atoms with Gasteiger partial charge in [-0.3, -0.25) is 0 Å². The maximum atomic E-state index is 12.0. The fourth-order valence-corrected chi connectivity index (χ4v) is 2.70. The van der Waals surface area contributed by atoms with Crippen molar-refractivity contribution < 1.29 is 8.42 Å². The summed E-state index contributed by atoms with van der Waals surface area (Å²) in [5.74, 6) is 0. The van der Waals surface area contributed by atoms with Crippen LogP contribution < -0.4 is 5.32 Å². The largest absolute Gasteiger partial charge is 0.352 e. The second-order valence-electron chi connectivity index (χ2n) is 3.73. The van der Waals surface area contributed by atoms with Gasteiger partial charge in [-0.15, -0.1) is 0 Å². The van der Waals surface area contributed by atoms with E-state index in [4.69, 9.17) is 0 Å². The van der Waals surface area contributed by atoms with E-state index in [0.29, 0.717) is 18.0 Å². The molecule has 92 valence electrons. The number of nitrogens with one attached hydrogen (secondary N) is 1. The van der Waals surface area contributed by atoms with Crippen LogP contribution in [0.4, 0.5) is 0 Å². The number of rotatable bonds is 5. The molecule has 0 aliphatic heterocycles. The van der Waals surface area contributed by atoms with Crippen molar-refractivity contribution in [2.75, 3.05) is 20.6 Å². The van der Waals surface area contributed by atoms with E-state index in [1.165, 1.54) is 4.31 Å². The summed E-state index contributed by atoms with van der Waals surface area (Å²) in [7, 11) is 1.94. The molecule has 1 aromatic heterocycles. The Hall–Kier alpha value is -0.850. The highest BCUT2D eigenvalue weighted by molar-refractivity contribution is 7.89. The third-order valence-corrected chi connectivity index (χ3v) is 4.49. The lowest BCUT2D eigenvalue weighted by Gasteiger charge is -2.12. The number of aromatic nitrogens is 1. The molecule has 1 aromatic rings. The van der Waals surface area contributed by atoms with E-state index in [-0.39, 0.29) is 0 Å². The van der Waals surface area contributed by atoms with Crippen molar-refractivity contribution in [1.29, 1.82) is 0 Å². The van der Waals surface area contributed by atoms with Gasteiger partial charge in [0.05, 0.1) is 0 Å². The van der Waals surface area contributed by atoms with Crippen molar-refractivity contribution in [3.05, 3.63) is 18.0 Å². The first-order valence-corrected chi connectivity index (χ1v) is 6.63. The van der Waals surface area contributed by atoms with E-state index in [1.807, 2.05) is 25.6 Å². The number of hydrogen-bond acceptors (Lipinski definition) is 3. The van der Waals surface area contributed by atoms with Gasteiger partial charge in [0.15, 0.2) is 0 Å². The molecule has 0 aliphatic rings. The number of nitrogens with zero attached hydrogens (tertiary/aromatic N) is 2. The first-order chi connectivity index (χ1) is 7.43. The van der Waals surface area contributed by atoms with Crippen LogP contribution in [-0.4, -0.2) is 37.9 Å². The first-order valence-electron chi connectivity index (χ1n) is 5.19. The van der Waals surface area contributed by atoms with Gasteiger partial charge in [0.2, 0.25) is 10.0 Å². The van der Waals surface area contributed by atoms with Gasteiger partial charge in [0.25, 0.3) is 0 Å². The summed E-state index contributed by atoms with van der Waals surface area (Å²) in [4.78, 5) is 0.351. The van der Waals surface area contributed by atoms with Crippen molar-refractivity contribution in [2.45, 2.75) is 18.4 Å². The van der Waals surface area contributed by atoms with E-state index < -0.39 is 10.0 Å². The highest BCUT2D eigenvalue weighted by atomic mass is 32.2. The first kappa shape index (κ1) is 13.2. The summed E-state index contributed by atoms with van der Waals surface area (Å²) < 4.78 is 27.2. The van der Waals surface area contributed by atoms with E-state index in [2.05, 4.69) is 5.32 Å². The van der Waals surface area contributed by atoms with E-state index in [9.17, 15) is 8.42 Å². The van der Waals surface area contributed by atoms with Crippen molar-refractivity contribution >= 4 is 10.0 Å². The molecule has 16 heavy (non-hydrogen) atoms. The summed E-state index contributed by atoms with van der Waals surface area (Å²) >= 11 is 0. The number of hydrogen-bond donors (Lipinski definition) is 1. The Balaban J connectivity index is 3.10. The molecule has 0 aromatic carbocycles. The Kier molecular flexibility index (Phi) is 4.12. The maximum Gasteiger partial charge on any atom is 0.244 e. The predicted molar refractivity (Wildman–Crippen MR) is 63.7 cm³/mol. The normalized spacial score (nSPS) is 12.3. The Morgan fingerprint density at radius 1 is 1.50 bits per heavy atom. The van der Waals surface area contributed by atoms with Gasteiger partial charge in [-0.2, -0.15) is 0 Å². The van der Waals surface area contributed by atoms with Gasteiger partial charge in [-0.25, -0.2) is 12.7 Å². The lowest BCUT2D eigenvalue weighted by Crippen LogP contribution is -2.26. The number of sulfonamides is 1. The summed E-state index contributed by atoms with van der Waals surface area (Å²) in [6.45, 7) is 2.94. The van der Waals surface area contributed by atoms with Crippen LogP contribution in [0.2, 0.25) is 0 Å². The molecule has 0 saturated heterocycles. The molecule has 0 unspecified atom stereocenters. The monoisotopic (exact) mass is 245 g/mol. The van der Waals surface area contributed by atoms with E-state index >= 15 is 0 Å². The number of aryl methyl sites for hydroxylation is 1. The molecule has 1 rings (SSSR count). The molecule has 0 aliphatic carbocycles. The van der Waals surface area contributed by atoms with Crippen LogP contribution in [0, 0.1) is 0 Å². The fraction of sp³-hybridized carbons (Fsp3) is 0.600. The second-order valence-corrected chi connectivity index (χ2v) is 5.77. The van der Waals surface area contributed by atoms with Crippen molar-refractivity contribution in [2.24, 2.45) is 7.05 Å². The minimum absolute atomic E-state index is 0.351. The zero-order valence-electron chi connectivity index (χ0n) is 10.2. The van der Waals surface area contributed by atoms with Crippen LogP contribution >= 0.6 is 0 Å². The van der Waals surface area contributed by atoms with Gasteiger partial charge < -0.3 is 9.88 Å². The Bertz CT molecular complexity index is 451. The highest BCUT2D eigenvalue weighted by Crippen LogP contribution is 2.17. The molecule has 0 fully saturated rings. The molecule has 0 spiro atoms. The van der Waals surface area contributed by atoms with Crippen molar-refractivity contribution in [1.82, 2.24) is 14.2 Å². The second kappa shape index (κ2) is 4.99. The van der Waals surface area contributed by atoms with Crippen molar-refractivity contribution in [3.63, 3.8) is 0 Å². The van der Waals surface area contributed by atoms with Crippen LogP contribution in [0.15, 0.2) is 17.2 Å². The molecule has 6 heteroatoms. The van der Waals surface area contributed by atoms with Crippen LogP contribution in [0.3, 0.4) is 0 Å². The van der Waals surface area contributed by atoms with Crippen LogP contribution in [0.25, 0.3) is 0 Å². The smallest absolute Gasteiger partial charge is 0.244 e. The lowest BCUT2D eigenvalue weighted by molar-refractivity contribution is 0.486. The molecule has 0 saturated carbocycles. The van der Waals surface area contributed by atoms with Gasteiger partial charge in [0.1, 0.15) is 4.90 Å². The van der Waals surface area contributed by atoms with Gasteiger partial charge in [-0.1, -0.05) is 6.92 Å². The SMILES string of the molecule is CCN(C)S(=O)(=O)c1cc(CNC)n(C)c1. The van der Waals surface area contributed by atoms with Gasteiger partial charge >= 0.3 is 0 Å². The molecular formula is C10H19N3O2S. The fourth-order valence-electron chi connectivity index (χ4n) is 1.42. The van der Waals surface area contributed by atoms with Gasteiger partial charge in [-0.05, 0) is 13.1 Å². The van der Waals surface area contributed by atoms with E-state index in [1.54, 1.807) is 19.3 Å². The third kappa shape index (κ3) is 2.45. The minimum atomic E-state index is -3.32. The minimum Gasteiger partial charge on any atom is -0.352 e. The summed E-state index contributed by atoms with van der Waals surface area (Å²) in [6.07, 6.45) is 1.65. The predicted octanol–water partition coefficient (Wildman–Crippen LogP) is 0.385. The molecule has 0 radical (unpaired) electrons. The molecular weight excluding hydrogens is 226 g/mol. The molecule has 0 atom stereocenters. The average Bonchev–Trinajstić information content (AvgIpc) is 2.60. The molecule has 0 amide bonds. The van der Waals surface area contributed by atoms with Crippen LogP contribution in [0.5, 0.6) is 0 Å². The molecule has 1 N–H and O–H groups in total. The van der Waals surface area contributed by atoms with Crippen LogP contribution in [-0.2, 0) is 23.6 Å². The third-order valence-electron chi connectivity index (χ3n) is 2.59. The standard InChI is InChI=1S/C10H19N3O2S/c1-5-13(4)16(14,15)10-6-9(7-11-2)12(3)8-10/h6,8,11H,5,7H2,1-4H3. The topological polar surface area (TPSA) is 54.3 Å². The lowest BCUT2D eigenvalue weighted by atomic mass is 10.4. The van der Waals surface area contributed by atoms with Gasteiger partial charge in [0, 0.05) is 39.1 Å². The quantitative estimate of drug-likeness (QED) is 0.816. The highest BCUT2D eigenvalue weighted by Gasteiger charge is 2.21. The Morgan fingerprint density at radius 3 is 2.62 bits per heavy atom. The zero-order chi connectivity index (χ0) is 12.3. The Labute approximate surface area is 97.1 Å². The zero-order valence-corrected chi connectivity index (χ0v) is 11.0. The van der Waals surface area contributed by atoms with Crippen molar-refractivity contribution in [3.8, 4) is 0 Å². The average molecular weight is 245 g/mol. The molecule has 0 bridgehead atoms. The molecule has 5 nitrogen and oxygen atoms in total.